The molecule has 0 radical (unpaired) electrons. The van der Waals surface area contributed by atoms with Crippen molar-refractivity contribution in [1.29, 1.82) is 5.26 Å². The van der Waals surface area contributed by atoms with Gasteiger partial charge in [0.05, 0.1) is 18.7 Å². The number of ether oxygens (including phenoxy) is 3. The highest BCUT2D eigenvalue weighted by Gasteiger charge is 2.11. The number of nitriles is 1. The van der Waals surface area contributed by atoms with Crippen LogP contribution in [0.4, 0.5) is 0 Å². The van der Waals surface area contributed by atoms with E-state index in [0.29, 0.717) is 34.4 Å². The van der Waals surface area contributed by atoms with Gasteiger partial charge in [0.2, 0.25) is 0 Å². The van der Waals surface area contributed by atoms with Crippen LogP contribution in [0.15, 0.2) is 42.5 Å². The summed E-state index contributed by atoms with van der Waals surface area (Å²) < 4.78 is 16.1. The van der Waals surface area contributed by atoms with Crippen LogP contribution in [0.3, 0.4) is 0 Å². The van der Waals surface area contributed by atoms with Crippen LogP contribution in [0.1, 0.15) is 29.3 Å². The highest BCUT2D eigenvalue weighted by Crippen LogP contribution is 2.36. The van der Waals surface area contributed by atoms with Gasteiger partial charge in [-0.2, -0.15) is 5.26 Å². The molecule has 0 aliphatic carbocycles. The third-order valence-corrected chi connectivity index (χ3v) is 3.85. The van der Waals surface area contributed by atoms with Gasteiger partial charge >= 0.3 is 0 Å². The SMILES string of the molecule is CCCOc1c(Cl)cc(/C=C/C(=O)c2ccc(OCC#N)cc2)cc1OC. The largest absolute Gasteiger partial charge is 0.493 e. The molecule has 0 amide bonds. The van der Waals surface area contributed by atoms with Crippen LogP contribution in [0.5, 0.6) is 17.2 Å². The summed E-state index contributed by atoms with van der Waals surface area (Å²) in [4.78, 5) is 12.3. The highest BCUT2D eigenvalue weighted by atomic mass is 35.5. The molecule has 0 aromatic heterocycles. The van der Waals surface area contributed by atoms with E-state index in [-0.39, 0.29) is 12.4 Å². The standard InChI is InChI=1S/C21H20ClNO4/c1-3-11-27-21-18(22)13-15(14-20(21)25-2)4-9-19(24)16-5-7-17(8-6-16)26-12-10-23/h4-9,13-14H,3,11-12H2,1-2H3/b9-4+. The van der Waals surface area contributed by atoms with Gasteiger partial charge in [0.25, 0.3) is 0 Å². The van der Waals surface area contributed by atoms with E-state index >= 15 is 0 Å². The molecule has 0 fully saturated rings. The Bertz CT molecular complexity index is 854. The molecule has 0 atom stereocenters. The van der Waals surface area contributed by atoms with Crippen molar-refractivity contribution < 1.29 is 19.0 Å². The van der Waals surface area contributed by atoms with Crippen molar-refractivity contribution in [3.05, 3.63) is 58.6 Å². The number of carbonyl (C=O) groups excluding carboxylic acids is 1. The third kappa shape index (κ3) is 5.77. The third-order valence-electron chi connectivity index (χ3n) is 3.57. The van der Waals surface area contributed by atoms with Crippen molar-refractivity contribution in [2.75, 3.05) is 20.3 Å². The van der Waals surface area contributed by atoms with Crippen LogP contribution in [0, 0.1) is 11.3 Å². The Kier molecular flexibility index (Phi) is 7.72. The minimum Gasteiger partial charge on any atom is -0.493 e. The lowest BCUT2D eigenvalue weighted by Crippen LogP contribution is -1.99. The zero-order chi connectivity index (χ0) is 19.6. The summed E-state index contributed by atoms with van der Waals surface area (Å²) in [6, 6.07) is 12.0. The molecule has 0 saturated heterocycles. The van der Waals surface area contributed by atoms with Crippen molar-refractivity contribution in [2.24, 2.45) is 0 Å². The Labute approximate surface area is 163 Å². The van der Waals surface area contributed by atoms with E-state index in [9.17, 15) is 4.79 Å². The molecule has 0 heterocycles. The molecular weight excluding hydrogens is 366 g/mol. The first-order valence-corrected chi connectivity index (χ1v) is 8.79. The van der Waals surface area contributed by atoms with Crippen LogP contribution < -0.4 is 14.2 Å². The summed E-state index contributed by atoms with van der Waals surface area (Å²) in [5, 5.41) is 8.93. The lowest BCUT2D eigenvalue weighted by atomic mass is 10.1. The maximum Gasteiger partial charge on any atom is 0.185 e. The molecule has 0 aliphatic rings. The van der Waals surface area contributed by atoms with Gasteiger partial charge in [0, 0.05) is 5.56 Å². The van der Waals surface area contributed by atoms with Crippen LogP contribution in [-0.2, 0) is 0 Å². The van der Waals surface area contributed by atoms with Crippen molar-refractivity contribution in [3.8, 4) is 23.3 Å². The second kappa shape index (κ2) is 10.2. The molecule has 27 heavy (non-hydrogen) atoms. The predicted octanol–water partition coefficient (Wildman–Crippen LogP) is 4.94. The number of hydrogen-bond donors (Lipinski definition) is 0. The number of hydrogen-bond acceptors (Lipinski definition) is 5. The molecule has 6 heteroatoms. The second-order valence-electron chi connectivity index (χ2n) is 5.55. The molecule has 2 aromatic carbocycles. The zero-order valence-electron chi connectivity index (χ0n) is 15.2. The van der Waals surface area contributed by atoms with E-state index in [4.69, 9.17) is 31.1 Å². The number of methoxy groups -OCH3 is 1. The van der Waals surface area contributed by atoms with Crippen LogP contribution in [-0.4, -0.2) is 26.1 Å². The topological polar surface area (TPSA) is 68.5 Å². The van der Waals surface area contributed by atoms with Gasteiger partial charge in [-0.1, -0.05) is 24.6 Å². The molecule has 0 aliphatic heterocycles. The van der Waals surface area contributed by atoms with Crippen LogP contribution >= 0.6 is 11.6 Å². The molecule has 0 spiro atoms. The number of carbonyl (C=O) groups is 1. The van der Waals surface area contributed by atoms with Gasteiger partial charge in [0.1, 0.15) is 11.8 Å². The van der Waals surface area contributed by atoms with E-state index in [1.54, 1.807) is 49.6 Å². The molecule has 2 aromatic rings. The lowest BCUT2D eigenvalue weighted by Gasteiger charge is -2.12. The summed E-state index contributed by atoms with van der Waals surface area (Å²) in [5.74, 6) is 1.39. The summed E-state index contributed by atoms with van der Waals surface area (Å²) in [6.07, 6.45) is 3.99. The summed E-state index contributed by atoms with van der Waals surface area (Å²) in [7, 11) is 1.54. The fourth-order valence-electron chi connectivity index (χ4n) is 2.28. The highest BCUT2D eigenvalue weighted by molar-refractivity contribution is 6.32. The minimum atomic E-state index is -0.164. The normalized spacial score (nSPS) is 10.4. The number of nitrogens with zero attached hydrogens (tertiary/aromatic N) is 1. The first kappa shape index (κ1) is 20.3. The quantitative estimate of drug-likeness (QED) is 0.452. The molecule has 0 bridgehead atoms. The number of allylic oxidation sites excluding steroid dienone is 1. The van der Waals surface area contributed by atoms with Gasteiger partial charge in [0.15, 0.2) is 23.9 Å². The van der Waals surface area contributed by atoms with Gasteiger partial charge in [-0.05, 0) is 54.5 Å². The van der Waals surface area contributed by atoms with E-state index in [0.717, 1.165) is 12.0 Å². The molecule has 2 rings (SSSR count). The zero-order valence-corrected chi connectivity index (χ0v) is 16.0. The average molecular weight is 386 g/mol. The number of rotatable bonds is 9. The minimum absolute atomic E-state index is 0.0340. The smallest absolute Gasteiger partial charge is 0.185 e. The van der Waals surface area contributed by atoms with Gasteiger partial charge in [-0.15, -0.1) is 0 Å². The molecule has 5 nitrogen and oxygen atoms in total. The van der Waals surface area contributed by atoms with Crippen molar-refractivity contribution in [1.82, 2.24) is 0 Å². The van der Waals surface area contributed by atoms with Crippen molar-refractivity contribution >= 4 is 23.5 Å². The van der Waals surface area contributed by atoms with Gasteiger partial charge < -0.3 is 14.2 Å². The summed E-state index contributed by atoms with van der Waals surface area (Å²) >= 11 is 6.28. The Morgan fingerprint density at radius 1 is 1.22 bits per heavy atom. The Hall–Kier alpha value is -2.97. The van der Waals surface area contributed by atoms with Crippen LogP contribution in [0.2, 0.25) is 5.02 Å². The Balaban J connectivity index is 2.13. The molecule has 0 N–H and O–H groups in total. The monoisotopic (exact) mass is 385 g/mol. The fraction of sp³-hybridized carbons (Fsp3) is 0.238. The van der Waals surface area contributed by atoms with E-state index < -0.39 is 0 Å². The van der Waals surface area contributed by atoms with E-state index in [1.165, 1.54) is 6.08 Å². The van der Waals surface area contributed by atoms with Crippen molar-refractivity contribution in [2.45, 2.75) is 13.3 Å². The molecule has 0 saturated carbocycles. The number of ketones is 1. The number of benzene rings is 2. The Morgan fingerprint density at radius 3 is 2.59 bits per heavy atom. The number of halogens is 1. The van der Waals surface area contributed by atoms with Gasteiger partial charge in [-0.3, -0.25) is 4.79 Å². The Morgan fingerprint density at radius 2 is 1.96 bits per heavy atom. The molecule has 0 unspecified atom stereocenters. The fourth-order valence-corrected chi connectivity index (χ4v) is 2.55. The lowest BCUT2D eigenvalue weighted by molar-refractivity contribution is 0.104. The maximum absolute atomic E-state index is 12.3. The average Bonchev–Trinajstić information content (AvgIpc) is 2.69. The van der Waals surface area contributed by atoms with Crippen molar-refractivity contribution in [3.63, 3.8) is 0 Å². The first-order valence-electron chi connectivity index (χ1n) is 8.41. The molecular formula is C21H20ClNO4. The summed E-state index contributed by atoms with van der Waals surface area (Å²) in [5.41, 5.74) is 1.24. The first-order chi connectivity index (χ1) is 13.1. The maximum atomic E-state index is 12.3. The summed E-state index contributed by atoms with van der Waals surface area (Å²) in [6.45, 7) is 2.51. The van der Waals surface area contributed by atoms with E-state index in [2.05, 4.69) is 0 Å². The predicted molar refractivity (Wildman–Crippen MR) is 105 cm³/mol. The van der Waals surface area contributed by atoms with Gasteiger partial charge in [-0.25, -0.2) is 0 Å². The molecule has 140 valence electrons. The van der Waals surface area contributed by atoms with Crippen LogP contribution in [0.25, 0.3) is 6.08 Å². The second-order valence-corrected chi connectivity index (χ2v) is 5.96. The van der Waals surface area contributed by atoms with E-state index in [1.807, 2.05) is 13.0 Å².